The van der Waals surface area contributed by atoms with Crippen LogP contribution in [0.25, 0.3) is 0 Å². The first-order valence-corrected chi connectivity index (χ1v) is 52.4. The number of nitrogens with zero attached hydrogens (tertiary/aromatic N) is 6. The summed E-state index contributed by atoms with van der Waals surface area (Å²) < 4.78 is 62.5. The summed E-state index contributed by atoms with van der Waals surface area (Å²) in [6, 6.07) is 33.9. The van der Waals surface area contributed by atoms with E-state index in [1.54, 1.807) is 118 Å². The number of carbonyl (C=O) groups excluding carboxylic acids is 10. The number of halogens is 2. The van der Waals surface area contributed by atoms with Gasteiger partial charge in [-0.15, -0.1) is 11.6 Å². The Morgan fingerprint density at radius 2 is 1.12 bits per heavy atom. The zero-order valence-corrected chi connectivity index (χ0v) is 90.8. The molecular weight excluding hydrogens is 2020 g/mol. The maximum Gasteiger partial charge on any atom is 1.00 e. The smallest absolute Gasteiger partial charge is 0.742 e. The van der Waals surface area contributed by atoms with Crippen LogP contribution in [0, 0.1) is 16.0 Å². The number of esters is 3. The SMILES string of the molecule is C.CC(=O)O[C@@H](C)/C=C\C(=O)N[C@@H]1C[C@H](C)[C@H](C/C=C(C)/C=C/[C@H]2O[C@H](CC(=O)CNC(=O)OC[C@@H](C)SSc3ccccn3)C[C@@]3(CO3)[C@@H]2O)O[C@@H]1C.CC(=O)S[C@H](C)CO.CC(=O)[S-].COC(=O)[C@@H](C)SC(C)=O.COC(=O)[C@H](C)Cl.C[C@H](CO)SSc1ccccn1.C[C@H](COC(=O)Oc1ccc([N+](=O)[O-])cc1)SSc1ccccn1.[2H]CF.[K+].c1ccc(SSc2ccccn2)nc1. The van der Waals surface area contributed by atoms with Crippen molar-refractivity contribution in [3.05, 3.63) is 192 Å². The molecule has 748 valence electrons. The third-order valence-electron chi connectivity index (χ3n) is 16.5. The van der Waals surface area contributed by atoms with E-state index in [0.29, 0.717) is 19.4 Å². The monoisotopic (exact) mass is 2150 g/mol. The number of epoxide rings is 1. The molecule has 3 saturated heterocycles. The van der Waals surface area contributed by atoms with Crippen molar-refractivity contribution in [2.45, 2.75) is 235 Å². The van der Waals surface area contributed by atoms with Crippen LogP contribution in [0.5, 0.6) is 5.75 Å². The molecule has 1 aromatic carbocycles. The Balaban J connectivity index is 0. The summed E-state index contributed by atoms with van der Waals surface area (Å²) in [6.07, 6.45) is 15.1. The first-order valence-electron chi connectivity index (χ1n) is 41.8. The quantitative estimate of drug-likeness (QED) is 0.00198. The molecular formula is C90H123ClFKN8O24S11. The minimum Gasteiger partial charge on any atom is -0.742 e. The number of ether oxygens (including phenoxy) is 9. The number of alkyl carbamates (subject to hydrolysis) is 1. The van der Waals surface area contributed by atoms with Crippen molar-refractivity contribution >= 4 is 197 Å². The standard InChI is InChI=1S/C38H53N3O10S2.C15H14N2O5S2.C10H8N2S2.C8H11NOS2.C6H10O3S.C5H10O2S.C4H7ClO2.C2H4OS.CH3F.CH4.K/c1-23(10-13-32-24(2)17-31(27(5)50-32)41-34(44)15-12-25(3)49-28(6)42)11-14-33-36(45)38(22-48-38)19-30(51-33)18-29(43)20-40-37(46)47-21-26(4)52-53-35-9-7-8-16-39-35;1-11(23-24-14-4-2-3-9-16-14)10-21-15(18)22-13-7-5-12(6-8-13)17(19)20;1-3-7-11-9(5-1)13-14-10-6-2-4-8-12-10;1-7(6-10)11-12-8-4-2-3-5-9-8;1-4(6(8)9-3)10-5(2)7;1-4(3-6)8-5(2)7;1-3(5)4(6)7-2;1-2(3)4;1-2;;/h7-12,14-16,24-27,30-33,36,45H,13,17-22H2,1-6H3,(H,40,46)(H,41,44);2-9,11H,10H2,1H3;1-8H;2-5,7,10H,6H2,1H3;4H,1-3H3;4,6H,3H2,1-2H3;3H,1-2H3;1H3,(H,3,4);1H3;1H4;/q;;;;;;;;;;+1/p-1/b14-11+,15-12-,23-10+;;;;;;;;;;/t24-,25-,26+,27+,30+,31+,32-,33+,36+,38+;11-;;7-;2*4-;3-;;;;/m01.1110..../s1/i;;;;;;;;1D;;. The van der Waals surface area contributed by atoms with Crippen molar-refractivity contribution in [1.82, 2.24) is 35.6 Å². The molecule has 5 N–H and O–H groups in total. The Kier molecular flexibility index (Phi) is 75.2. The van der Waals surface area contributed by atoms with Crippen LogP contribution in [-0.2, 0) is 88.9 Å². The van der Waals surface area contributed by atoms with E-state index in [2.05, 4.69) is 70.7 Å². The molecule has 2 amide bonds. The Morgan fingerprint density at radius 3 is 1.51 bits per heavy atom. The van der Waals surface area contributed by atoms with E-state index in [9.17, 15) is 67.6 Å². The van der Waals surface area contributed by atoms with Gasteiger partial charge in [0, 0.05) is 109 Å². The first-order chi connectivity index (χ1) is 64.1. The molecule has 8 heterocycles. The van der Waals surface area contributed by atoms with Crippen LogP contribution in [0.3, 0.4) is 0 Å². The third kappa shape index (κ3) is 65.2. The predicted octanol–water partition coefficient (Wildman–Crippen LogP) is 15.3. The van der Waals surface area contributed by atoms with Crippen molar-refractivity contribution in [2.24, 2.45) is 5.92 Å². The number of carbonyl (C=O) groups is 10. The number of non-ortho nitro benzene ring substituents is 1. The number of benzene rings is 1. The van der Waals surface area contributed by atoms with Crippen molar-refractivity contribution < 1.29 is 168 Å². The van der Waals surface area contributed by atoms with Gasteiger partial charge in [-0.25, -0.2) is 34.5 Å². The van der Waals surface area contributed by atoms with Gasteiger partial charge in [0.05, 0.1) is 78.4 Å². The number of alkyl halides is 2. The van der Waals surface area contributed by atoms with Gasteiger partial charge in [0.1, 0.15) is 78.6 Å². The number of nitrogens with one attached hydrogen (secondary N) is 2. The molecule has 6 aromatic rings. The number of nitro benzene ring substituents is 1. The minimum absolute atomic E-state index is 0. The average Bonchev–Trinajstić information content (AvgIpc) is 1.60. The number of ketones is 1. The average molecular weight is 2150 g/mol. The van der Waals surface area contributed by atoms with Gasteiger partial charge in [-0.3, -0.25) is 48.1 Å². The fraction of sp³-hybridized carbons (Fsp3) is 0.478. The molecule has 0 bridgehead atoms. The molecule has 3 aliphatic rings. The number of hydrogen-bond donors (Lipinski definition) is 5. The number of thioether (sulfide) groups is 2. The van der Waals surface area contributed by atoms with Gasteiger partial charge >= 0.3 is 81.5 Å². The fourth-order valence-corrected chi connectivity index (χ4v) is 18.8. The Labute approximate surface area is 891 Å². The zero-order valence-electron chi connectivity index (χ0n) is 78.9. The second-order valence-corrected chi connectivity index (χ2v) is 42.9. The van der Waals surface area contributed by atoms with Gasteiger partial charge in [0.15, 0.2) is 16.0 Å². The zero-order chi connectivity index (χ0) is 101. The van der Waals surface area contributed by atoms with E-state index in [1.807, 2.05) is 139 Å². The summed E-state index contributed by atoms with van der Waals surface area (Å²) in [5, 5.41) is 48.2. The van der Waals surface area contributed by atoms with Crippen LogP contribution < -0.4 is 66.8 Å². The van der Waals surface area contributed by atoms with Gasteiger partial charge < -0.3 is 86.0 Å². The van der Waals surface area contributed by atoms with E-state index in [4.69, 9.17) is 56.3 Å². The first kappa shape index (κ1) is 130. The number of aliphatic hydroxyl groups is 3. The molecule has 9 rings (SSSR count). The van der Waals surface area contributed by atoms with Crippen LogP contribution in [-0.4, -0.2) is 243 Å². The number of amides is 2. The molecule has 0 unspecified atom stereocenters. The fourth-order valence-electron chi connectivity index (χ4n) is 10.1. The van der Waals surface area contributed by atoms with E-state index in [-0.39, 0.29) is 199 Å². The van der Waals surface area contributed by atoms with Crippen molar-refractivity contribution in [3.63, 3.8) is 0 Å². The van der Waals surface area contributed by atoms with Crippen molar-refractivity contribution in [3.8, 4) is 5.75 Å². The van der Waals surface area contributed by atoms with E-state index in [0.717, 1.165) is 48.9 Å². The molecule has 46 heteroatoms. The molecule has 0 aliphatic carbocycles. The summed E-state index contributed by atoms with van der Waals surface area (Å²) in [5.74, 6) is -1.26. The molecule has 5 aromatic heterocycles. The van der Waals surface area contributed by atoms with E-state index < -0.39 is 65.7 Å². The van der Waals surface area contributed by atoms with Gasteiger partial charge in [0.2, 0.25) is 5.91 Å². The minimum atomic E-state index is -1.00. The number of aliphatic hydroxyl groups excluding tert-OH is 3. The Hall–Kier alpha value is -5.97. The molecule has 136 heavy (non-hydrogen) atoms. The topological polar surface area (TPSA) is 449 Å². The van der Waals surface area contributed by atoms with Gasteiger partial charge in [-0.1, -0.05) is 138 Å². The molecule has 15 atom stereocenters. The number of hydrogen-bond acceptors (Lipinski definition) is 40. The maximum atomic E-state index is 12.8. The summed E-state index contributed by atoms with van der Waals surface area (Å²) in [7, 11) is 14.1. The predicted molar refractivity (Wildman–Crippen MR) is 542 cm³/mol. The second-order valence-electron chi connectivity index (χ2n) is 28.4. The van der Waals surface area contributed by atoms with Crippen molar-refractivity contribution in [1.29, 1.82) is 0 Å². The van der Waals surface area contributed by atoms with Crippen molar-refractivity contribution in [2.75, 3.05) is 61.0 Å². The molecule has 0 radical (unpaired) electrons. The molecule has 3 aliphatic heterocycles. The largest absolute Gasteiger partial charge is 1.00 e. The molecule has 32 nitrogen and oxygen atoms in total. The number of allylic oxidation sites excluding steroid dienone is 2. The second kappa shape index (κ2) is 78.6. The van der Waals surface area contributed by atoms with Gasteiger partial charge in [0.25, 0.3) is 5.69 Å². The van der Waals surface area contributed by atoms with Gasteiger partial charge in [-0.2, -0.15) is 0 Å². The number of aromatic nitrogens is 5. The van der Waals surface area contributed by atoms with Crippen LogP contribution in [0.1, 0.15) is 131 Å². The molecule has 0 saturated carbocycles. The summed E-state index contributed by atoms with van der Waals surface area (Å²) in [6.45, 7) is 25.0. The van der Waals surface area contributed by atoms with Crippen LogP contribution >= 0.6 is 121 Å². The summed E-state index contributed by atoms with van der Waals surface area (Å²) in [5.41, 5.74) is 0.140. The Bertz CT molecular complexity index is 4470. The normalized spacial score (nSPS) is 18.5. The number of Topliss-reactive ketones (excluding diaryl/α,β-unsaturated/α-hetero) is 1. The number of methoxy groups -OCH3 is 2. The maximum absolute atomic E-state index is 12.8. The number of nitro groups is 1. The molecule has 1 spiro atoms. The summed E-state index contributed by atoms with van der Waals surface area (Å²) in [4.78, 5) is 142. The van der Waals surface area contributed by atoms with E-state index in [1.165, 1.54) is 116 Å². The summed E-state index contributed by atoms with van der Waals surface area (Å²) >= 11 is 11.4. The number of pyridine rings is 5. The number of rotatable bonds is 36. The third-order valence-corrected chi connectivity index (χ3v) is 28.9. The van der Waals surface area contributed by atoms with E-state index >= 15 is 0 Å². The van der Waals surface area contributed by atoms with Crippen LogP contribution in [0.15, 0.2) is 207 Å². The Morgan fingerprint density at radius 1 is 0.669 bits per heavy atom. The van der Waals surface area contributed by atoms with Gasteiger partial charge in [-0.05, 0) is 207 Å². The molecule has 3 fully saturated rings. The van der Waals surface area contributed by atoms with Crippen LogP contribution in [0.2, 0.25) is 0 Å². The van der Waals surface area contributed by atoms with Crippen LogP contribution in [0.4, 0.5) is 19.7 Å².